The van der Waals surface area contributed by atoms with Crippen LogP contribution in [0.15, 0.2) is 364 Å². The van der Waals surface area contributed by atoms with Gasteiger partial charge in [-0.05, 0) is 187 Å². The van der Waals surface area contributed by atoms with E-state index in [4.69, 9.17) is 0 Å². The van der Waals surface area contributed by atoms with E-state index in [1.165, 1.54) is 0 Å². The van der Waals surface area contributed by atoms with Gasteiger partial charge in [-0.25, -0.2) is 0 Å². The van der Waals surface area contributed by atoms with E-state index in [9.17, 15) is 11.1 Å². The molecule has 0 nitrogen and oxygen atoms in total. The van der Waals surface area contributed by atoms with Crippen molar-refractivity contribution in [3.8, 4) is 134 Å². The first-order chi connectivity index (χ1) is 46.9. The lowest BCUT2D eigenvalue weighted by Crippen LogP contribution is -2.66. The molecule has 0 bridgehead atoms. The van der Waals surface area contributed by atoms with Crippen molar-refractivity contribution in [2.45, 2.75) is 20.8 Å². The zero-order valence-electron chi connectivity index (χ0n) is 53.5. The first-order valence-electron chi connectivity index (χ1n) is 32.9. The van der Waals surface area contributed by atoms with Crippen molar-refractivity contribution < 1.29 is 0 Å². The fourth-order valence-electron chi connectivity index (χ4n) is 15.2. The molecule has 0 atom stereocenters. The lowest BCUT2D eigenvalue weighted by atomic mass is 9.80. The molecule has 0 aliphatic rings. The largest absolute Gasteiger partial charge is 0.251 e. The number of halogens is 1. The van der Waals surface area contributed by atoms with Gasteiger partial charge in [0.05, 0.1) is 0 Å². The van der Waals surface area contributed by atoms with Crippen molar-refractivity contribution in [1.29, 1.82) is 0 Å². The van der Waals surface area contributed by atoms with Crippen LogP contribution in [0.5, 0.6) is 0 Å². The first-order valence-corrected chi connectivity index (χ1v) is 35.9. The molecule has 0 saturated heterocycles. The van der Waals surface area contributed by atoms with Gasteiger partial charge in [0.1, 0.15) is 0 Å². The summed E-state index contributed by atoms with van der Waals surface area (Å²) in [7, 11) is -4.82. The van der Waals surface area contributed by atoms with Crippen LogP contribution in [0, 0.1) is 20.8 Å². The Hall–Kier alpha value is -11.2. The highest BCUT2D eigenvalue weighted by Crippen LogP contribution is 2.54. The SMILES string of the molecule is Cc1c(-c2ccccc2)c(-c2ccccc2)c([Si](Cl)(c2c(-c3ccccc3)c(-c3ccccc3)c(C)c(-c3ccccc3)c2-c2ccccc2)c2c(-c3ccccc3)c(-c3ccccc3)c(C)c(-c3ccccc3)c2-c2ccccc2)c(-c2ccccc2)c1-c1ccccc1. The summed E-state index contributed by atoms with van der Waals surface area (Å²) in [4.78, 5) is 0. The number of rotatable bonds is 15. The second kappa shape index (κ2) is 26.4. The van der Waals surface area contributed by atoms with Crippen LogP contribution in [0.4, 0.5) is 0 Å². The molecule has 0 fully saturated rings. The molecule has 0 saturated carbocycles. The number of hydrogen-bond acceptors (Lipinski definition) is 0. The average Bonchev–Trinajstić information content (AvgIpc) is 0.676. The van der Waals surface area contributed by atoms with E-state index in [2.05, 4.69) is 385 Å². The van der Waals surface area contributed by atoms with E-state index in [1.54, 1.807) is 0 Å². The summed E-state index contributed by atoms with van der Waals surface area (Å²) in [5.74, 6) is 0. The van der Waals surface area contributed by atoms with Crippen molar-refractivity contribution in [2.24, 2.45) is 0 Å². The Kier molecular flexibility index (Phi) is 16.7. The highest BCUT2D eigenvalue weighted by atomic mass is 35.6. The summed E-state index contributed by atoms with van der Waals surface area (Å²) in [5, 5.41) is 3.27. The Morgan fingerprint density at radius 3 is 0.347 bits per heavy atom. The predicted molar refractivity (Wildman–Crippen MR) is 409 cm³/mol. The van der Waals surface area contributed by atoms with Crippen LogP contribution in [0.3, 0.4) is 0 Å². The highest BCUT2D eigenvalue weighted by Gasteiger charge is 2.52. The van der Waals surface area contributed by atoms with Crippen molar-refractivity contribution in [1.82, 2.24) is 0 Å². The summed E-state index contributed by atoms with van der Waals surface area (Å²) in [5.41, 5.74) is 29.9. The maximum absolute atomic E-state index is 11.1. The lowest BCUT2D eigenvalue weighted by molar-refractivity contribution is 1.43. The molecule has 15 aromatic carbocycles. The molecule has 15 aromatic rings. The molecule has 2 heteroatoms. The van der Waals surface area contributed by atoms with Crippen molar-refractivity contribution in [3.05, 3.63) is 381 Å². The number of benzene rings is 15. The minimum atomic E-state index is -4.82. The van der Waals surface area contributed by atoms with Gasteiger partial charge < -0.3 is 0 Å². The fraction of sp³-hybridized carbons (Fsp3) is 0.0323. The Labute approximate surface area is 565 Å². The number of hydrogen-bond donors (Lipinski definition) is 0. The molecule has 0 aromatic heterocycles. The molecule has 0 radical (unpaired) electrons. The van der Waals surface area contributed by atoms with Crippen LogP contribution >= 0.6 is 11.1 Å². The van der Waals surface area contributed by atoms with Gasteiger partial charge in [-0.2, -0.15) is 0 Å². The Morgan fingerprint density at radius 1 is 0.147 bits per heavy atom. The van der Waals surface area contributed by atoms with Crippen LogP contribution in [0.25, 0.3) is 134 Å². The molecule has 0 aliphatic heterocycles. The first kappa shape index (κ1) is 60.1. The van der Waals surface area contributed by atoms with Gasteiger partial charge in [-0.1, -0.05) is 364 Å². The van der Waals surface area contributed by atoms with Crippen molar-refractivity contribution in [2.75, 3.05) is 0 Å². The molecule has 95 heavy (non-hydrogen) atoms. The van der Waals surface area contributed by atoms with Crippen molar-refractivity contribution in [3.63, 3.8) is 0 Å². The fourth-order valence-corrected chi connectivity index (χ4v) is 21.3. The lowest BCUT2D eigenvalue weighted by Gasteiger charge is -2.42. The Balaban J connectivity index is 1.39. The Bertz CT molecular complexity index is 4330. The monoisotopic (exact) mass is 1250 g/mol. The molecular formula is C93H69ClSi. The zero-order valence-corrected chi connectivity index (χ0v) is 55.3. The van der Waals surface area contributed by atoms with E-state index in [-0.39, 0.29) is 0 Å². The van der Waals surface area contributed by atoms with Crippen LogP contribution in [0.2, 0.25) is 0 Å². The standard InChI is InChI=1S/C93H69ClSi/c1-64-79(67-40-16-4-17-41-67)85(73-52-28-10-29-53-73)91(86(74-54-30-11-31-55-74)80(64)68-42-18-5-19-43-68)95(94,92-87(75-56-32-12-33-57-75)81(69-44-20-6-21-45-69)65(2)82(70-46-22-7-23-47-70)88(92)76-58-34-13-35-59-76)93-89(77-60-36-14-37-61-77)83(71-48-24-8-25-49-71)66(3)84(72-50-26-9-27-51-72)90(93)78-62-38-15-39-63-78/h4-63H,1-3H3. The predicted octanol–water partition coefficient (Wildman–Crippen LogP) is 23.8. The average molecular weight is 1250 g/mol. The van der Waals surface area contributed by atoms with Gasteiger partial charge in [-0.15, -0.1) is 11.1 Å². The molecule has 0 aliphatic carbocycles. The minimum absolute atomic E-state index is 1.07. The van der Waals surface area contributed by atoms with Gasteiger partial charge in [0.2, 0.25) is 0 Å². The molecular weight excluding hydrogens is 1180 g/mol. The summed E-state index contributed by atoms with van der Waals surface area (Å²) in [6.07, 6.45) is 0. The maximum Gasteiger partial charge on any atom is 0.251 e. The molecule has 452 valence electrons. The minimum Gasteiger partial charge on any atom is -0.149 e. The van der Waals surface area contributed by atoms with E-state index < -0.39 is 7.38 Å². The molecule has 0 heterocycles. The second-order valence-corrected chi connectivity index (χ2v) is 29.1. The molecule has 0 unspecified atom stereocenters. The molecule has 0 spiro atoms. The van der Waals surface area contributed by atoms with E-state index in [1.807, 2.05) is 0 Å². The van der Waals surface area contributed by atoms with E-state index in [0.717, 1.165) is 166 Å². The zero-order chi connectivity index (χ0) is 64.2. The third-order valence-corrected chi connectivity index (χ3v) is 24.3. The van der Waals surface area contributed by atoms with E-state index in [0.29, 0.717) is 0 Å². The molecule has 0 amide bonds. The third kappa shape index (κ3) is 10.9. The van der Waals surface area contributed by atoms with Gasteiger partial charge in [0, 0.05) is 0 Å². The van der Waals surface area contributed by atoms with Gasteiger partial charge >= 0.3 is 0 Å². The van der Waals surface area contributed by atoms with E-state index >= 15 is 0 Å². The molecule has 15 rings (SSSR count). The van der Waals surface area contributed by atoms with Gasteiger partial charge in [0.25, 0.3) is 7.38 Å². The quantitative estimate of drug-likeness (QED) is 0.0545. The summed E-state index contributed by atoms with van der Waals surface area (Å²) in [6, 6.07) is 134. The second-order valence-electron chi connectivity index (χ2n) is 24.6. The van der Waals surface area contributed by atoms with Crippen LogP contribution in [-0.4, -0.2) is 7.38 Å². The van der Waals surface area contributed by atoms with Crippen molar-refractivity contribution >= 4 is 34.0 Å². The smallest absolute Gasteiger partial charge is 0.149 e. The van der Waals surface area contributed by atoms with Crippen LogP contribution in [0.1, 0.15) is 16.7 Å². The van der Waals surface area contributed by atoms with Crippen LogP contribution < -0.4 is 15.6 Å². The third-order valence-electron chi connectivity index (χ3n) is 19.0. The summed E-state index contributed by atoms with van der Waals surface area (Å²) in [6.45, 7) is 7.08. The Morgan fingerprint density at radius 2 is 0.242 bits per heavy atom. The van der Waals surface area contributed by atoms with Gasteiger partial charge in [0.15, 0.2) is 0 Å². The normalized spacial score (nSPS) is 11.4. The maximum atomic E-state index is 11.1. The summed E-state index contributed by atoms with van der Waals surface area (Å²) >= 11 is 11.1. The van der Waals surface area contributed by atoms with Crippen LogP contribution in [-0.2, 0) is 0 Å². The molecule has 0 N–H and O–H groups in total. The highest BCUT2D eigenvalue weighted by molar-refractivity contribution is 7.42. The topological polar surface area (TPSA) is 0 Å². The van der Waals surface area contributed by atoms with Gasteiger partial charge in [-0.3, -0.25) is 0 Å². The summed E-state index contributed by atoms with van der Waals surface area (Å²) < 4.78 is 0.